The Morgan fingerprint density at radius 3 is 2.25 bits per heavy atom. The first-order valence-electron chi connectivity index (χ1n) is 8.89. The SMILES string of the molecule is CC(NC(=O)c1ccccc1Cl)C(=O)OCC(=O)Nc1ccc(C(C)C)cc1. The molecular weight excluding hydrogens is 380 g/mol. The van der Waals surface area contributed by atoms with Crippen molar-refractivity contribution in [3.8, 4) is 0 Å². The summed E-state index contributed by atoms with van der Waals surface area (Å²) >= 11 is 5.96. The first-order valence-corrected chi connectivity index (χ1v) is 9.27. The van der Waals surface area contributed by atoms with Gasteiger partial charge >= 0.3 is 5.97 Å². The van der Waals surface area contributed by atoms with E-state index in [-0.39, 0.29) is 10.6 Å². The summed E-state index contributed by atoms with van der Waals surface area (Å²) in [5.41, 5.74) is 2.03. The molecule has 0 bridgehead atoms. The molecule has 0 saturated heterocycles. The van der Waals surface area contributed by atoms with Crippen LogP contribution in [0.4, 0.5) is 5.69 Å². The second-order valence-corrected chi connectivity index (χ2v) is 7.01. The van der Waals surface area contributed by atoms with Crippen LogP contribution in [0.3, 0.4) is 0 Å². The van der Waals surface area contributed by atoms with E-state index in [0.29, 0.717) is 11.6 Å². The summed E-state index contributed by atoms with van der Waals surface area (Å²) in [6.45, 7) is 5.19. The summed E-state index contributed by atoms with van der Waals surface area (Å²) in [5, 5.41) is 5.43. The molecule has 0 heterocycles. The highest BCUT2D eigenvalue weighted by atomic mass is 35.5. The normalized spacial score (nSPS) is 11.6. The third-order valence-electron chi connectivity index (χ3n) is 4.03. The smallest absolute Gasteiger partial charge is 0.328 e. The Bertz CT molecular complexity index is 850. The quantitative estimate of drug-likeness (QED) is 0.690. The molecular formula is C21H23ClN2O4. The zero-order chi connectivity index (χ0) is 20.7. The summed E-state index contributed by atoms with van der Waals surface area (Å²) in [4.78, 5) is 36.1. The lowest BCUT2D eigenvalue weighted by Crippen LogP contribution is -2.40. The number of amides is 2. The van der Waals surface area contributed by atoms with E-state index >= 15 is 0 Å². The number of halogens is 1. The van der Waals surface area contributed by atoms with Crippen LogP contribution in [0, 0.1) is 0 Å². The largest absolute Gasteiger partial charge is 0.454 e. The summed E-state index contributed by atoms with van der Waals surface area (Å²) in [6, 6.07) is 13.0. The lowest BCUT2D eigenvalue weighted by atomic mass is 10.0. The van der Waals surface area contributed by atoms with Gasteiger partial charge in [0.15, 0.2) is 6.61 Å². The van der Waals surface area contributed by atoms with Crippen molar-refractivity contribution in [2.24, 2.45) is 0 Å². The fourth-order valence-corrected chi connectivity index (χ4v) is 2.61. The van der Waals surface area contributed by atoms with Gasteiger partial charge in [-0.2, -0.15) is 0 Å². The zero-order valence-corrected chi connectivity index (χ0v) is 16.7. The molecule has 0 aromatic heterocycles. The Balaban J connectivity index is 1.81. The predicted octanol–water partition coefficient (Wildman–Crippen LogP) is 3.76. The molecule has 2 amide bonds. The van der Waals surface area contributed by atoms with Crippen molar-refractivity contribution in [1.29, 1.82) is 0 Å². The van der Waals surface area contributed by atoms with Gasteiger partial charge in [-0.05, 0) is 42.7 Å². The molecule has 0 spiro atoms. The molecule has 28 heavy (non-hydrogen) atoms. The van der Waals surface area contributed by atoms with Gasteiger partial charge in [-0.15, -0.1) is 0 Å². The molecule has 0 aliphatic rings. The van der Waals surface area contributed by atoms with E-state index in [9.17, 15) is 14.4 Å². The highest BCUT2D eigenvalue weighted by molar-refractivity contribution is 6.33. The average molecular weight is 403 g/mol. The van der Waals surface area contributed by atoms with Gasteiger partial charge in [0.25, 0.3) is 11.8 Å². The first kappa shape index (κ1) is 21.4. The van der Waals surface area contributed by atoms with Gasteiger partial charge < -0.3 is 15.4 Å². The molecule has 1 unspecified atom stereocenters. The Labute approximate surface area is 169 Å². The molecule has 0 aliphatic carbocycles. The number of hydrogen-bond donors (Lipinski definition) is 2. The molecule has 2 aromatic carbocycles. The maximum absolute atomic E-state index is 12.2. The van der Waals surface area contributed by atoms with E-state index in [2.05, 4.69) is 24.5 Å². The monoisotopic (exact) mass is 402 g/mol. The Morgan fingerprint density at radius 2 is 1.64 bits per heavy atom. The highest BCUT2D eigenvalue weighted by Gasteiger charge is 2.20. The van der Waals surface area contributed by atoms with Crippen LogP contribution in [0.1, 0.15) is 42.6 Å². The van der Waals surface area contributed by atoms with Crippen LogP contribution in [0.5, 0.6) is 0 Å². The van der Waals surface area contributed by atoms with Gasteiger partial charge in [0.1, 0.15) is 6.04 Å². The van der Waals surface area contributed by atoms with Crippen LogP contribution in [0.2, 0.25) is 5.02 Å². The number of benzene rings is 2. The molecule has 0 saturated carbocycles. The molecule has 7 heteroatoms. The molecule has 0 radical (unpaired) electrons. The van der Waals surface area contributed by atoms with Crippen molar-refractivity contribution in [1.82, 2.24) is 5.32 Å². The van der Waals surface area contributed by atoms with Crippen molar-refractivity contribution in [3.63, 3.8) is 0 Å². The molecule has 1 atom stereocenters. The van der Waals surface area contributed by atoms with Crippen LogP contribution < -0.4 is 10.6 Å². The zero-order valence-electron chi connectivity index (χ0n) is 16.0. The van der Waals surface area contributed by atoms with E-state index in [4.69, 9.17) is 16.3 Å². The number of carbonyl (C=O) groups excluding carboxylic acids is 3. The minimum atomic E-state index is -0.929. The number of esters is 1. The van der Waals surface area contributed by atoms with Crippen molar-refractivity contribution in [2.75, 3.05) is 11.9 Å². The van der Waals surface area contributed by atoms with Crippen LogP contribution >= 0.6 is 11.6 Å². The van der Waals surface area contributed by atoms with Gasteiger partial charge in [-0.1, -0.05) is 49.7 Å². The van der Waals surface area contributed by atoms with Gasteiger partial charge in [0.05, 0.1) is 10.6 Å². The fourth-order valence-electron chi connectivity index (χ4n) is 2.39. The molecule has 2 rings (SSSR count). The summed E-state index contributed by atoms with van der Waals surface area (Å²) in [5.74, 6) is -1.28. The summed E-state index contributed by atoms with van der Waals surface area (Å²) in [6.07, 6.45) is 0. The number of ether oxygens (including phenoxy) is 1. The van der Waals surface area contributed by atoms with Crippen LogP contribution in [0.25, 0.3) is 0 Å². The second-order valence-electron chi connectivity index (χ2n) is 6.61. The Morgan fingerprint density at radius 1 is 1.00 bits per heavy atom. The van der Waals surface area contributed by atoms with Crippen molar-refractivity contribution in [2.45, 2.75) is 32.7 Å². The van der Waals surface area contributed by atoms with Gasteiger partial charge in [0.2, 0.25) is 0 Å². The highest BCUT2D eigenvalue weighted by Crippen LogP contribution is 2.17. The standard InChI is InChI=1S/C21H23ClN2O4/c1-13(2)15-8-10-16(11-9-15)24-19(25)12-28-21(27)14(3)23-20(26)17-6-4-5-7-18(17)22/h4-11,13-14H,12H2,1-3H3,(H,23,26)(H,24,25). The van der Waals surface area contributed by atoms with Crippen LogP contribution in [0.15, 0.2) is 48.5 Å². The molecule has 2 aromatic rings. The van der Waals surface area contributed by atoms with Crippen LogP contribution in [-0.2, 0) is 14.3 Å². The topological polar surface area (TPSA) is 84.5 Å². The Kier molecular flexibility index (Phi) is 7.58. The third-order valence-corrected chi connectivity index (χ3v) is 4.36. The first-order chi connectivity index (χ1) is 13.3. The fraction of sp³-hybridized carbons (Fsp3) is 0.286. The second kappa shape index (κ2) is 9.90. The van der Waals surface area contributed by atoms with Crippen molar-refractivity contribution >= 4 is 35.1 Å². The molecule has 2 N–H and O–H groups in total. The van der Waals surface area contributed by atoms with Gasteiger partial charge in [-0.3, -0.25) is 9.59 Å². The molecule has 0 aliphatic heterocycles. The maximum atomic E-state index is 12.2. The number of anilines is 1. The summed E-state index contributed by atoms with van der Waals surface area (Å²) < 4.78 is 4.97. The van der Waals surface area contributed by atoms with Crippen molar-refractivity contribution < 1.29 is 19.1 Å². The van der Waals surface area contributed by atoms with E-state index in [0.717, 1.165) is 5.56 Å². The van der Waals surface area contributed by atoms with E-state index < -0.39 is 30.4 Å². The van der Waals surface area contributed by atoms with Crippen LogP contribution in [-0.4, -0.2) is 30.4 Å². The minimum absolute atomic E-state index is 0.256. The molecule has 0 fully saturated rings. The number of rotatable bonds is 7. The number of nitrogens with one attached hydrogen (secondary N) is 2. The number of hydrogen-bond acceptors (Lipinski definition) is 4. The summed E-state index contributed by atoms with van der Waals surface area (Å²) in [7, 11) is 0. The number of carbonyl (C=O) groups is 3. The van der Waals surface area contributed by atoms with E-state index in [1.165, 1.54) is 6.92 Å². The van der Waals surface area contributed by atoms with Gasteiger partial charge in [-0.25, -0.2) is 4.79 Å². The minimum Gasteiger partial charge on any atom is -0.454 e. The maximum Gasteiger partial charge on any atom is 0.328 e. The van der Waals surface area contributed by atoms with E-state index in [1.54, 1.807) is 36.4 Å². The van der Waals surface area contributed by atoms with Gasteiger partial charge in [0, 0.05) is 5.69 Å². The molecule has 6 nitrogen and oxygen atoms in total. The van der Waals surface area contributed by atoms with Crippen molar-refractivity contribution in [3.05, 3.63) is 64.7 Å². The Hall–Kier alpha value is -2.86. The predicted molar refractivity (Wildman–Crippen MR) is 108 cm³/mol. The lowest BCUT2D eigenvalue weighted by molar-refractivity contribution is -0.148. The lowest BCUT2D eigenvalue weighted by Gasteiger charge is -2.14. The van der Waals surface area contributed by atoms with E-state index in [1.807, 2.05) is 12.1 Å². The molecule has 148 valence electrons. The third kappa shape index (κ3) is 6.09. The average Bonchev–Trinajstić information content (AvgIpc) is 2.66.